The predicted molar refractivity (Wildman–Crippen MR) is 262 cm³/mol. The fraction of sp³-hybridized carbons (Fsp3) is 0.609. The molecule has 74 heavy (non-hydrogen) atoms. The standard InChI is InChI=1S/C46H68N12O15S/c1-4-22(2)37-42(68)51-17-35(63)52-31-21-74(72)44-27(26-10-9-24(59)13-28(26)55-44)15-29(39(65)50-18-36(64)56-37)53-43(69)38(23(3)33(61)20-73-46(71)49-12-8-6-5-7-11-47)57-41(67)32-14-25(60)19-58(32)45(70)30(16-34(48)62)54-40(31)66/h9-10,13,22-23,25,29-33,37-38,55,59-61H,4-8,11-12,14-21,47H2,1-3H3,(H2,48,62)(H,49,71)(H,50,65)(H,51,68)(H,52,63)(H,53,69)(H,54,66)(H,56,64)(H,57,67)/t22-,23-,25?,29?,30-,31?,32-,33-,37-,38-,74+/m0/s1. The number of aliphatic hydroxyl groups excluding tert-OH is 2. The third-order valence-corrected chi connectivity index (χ3v) is 14.6. The Hall–Kier alpha value is -6.75. The molecule has 408 valence electrons. The number of carbonyl (C=O) groups is 10. The van der Waals surface area contributed by atoms with Crippen LogP contribution in [-0.4, -0.2) is 183 Å². The Bertz CT molecular complexity index is 2410. The molecule has 1 aromatic heterocycles. The van der Waals surface area contributed by atoms with E-state index in [-0.39, 0.29) is 33.8 Å². The number of hydrogen-bond donors (Lipinski definition) is 14. The number of nitrogens with one attached hydrogen (secondary N) is 9. The van der Waals surface area contributed by atoms with E-state index in [1.165, 1.54) is 25.1 Å². The van der Waals surface area contributed by atoms with Gasteiger partial charge in [-0.2, -0.15) is 0 Å². The van der Waals surface area contributed by atoms with E-state index in [2.05, 4.69) is 47.5 Å². The number of aliphatic hydroxyl groups is 2. The highest BCUT2D eigenvalue weighted by Gasteiger charge is 2.45. The molecule has 2 aromatic rings. The molecule has 3 unspecified atom stereocenters. The molecule has 27 nitrogen and oxygen atoms in total. The quantitative estimate of drug-likeness (QED) is 0.0625. The Kier molecular flexibility index (Phi) is 21.2. The third-order valence-electron chi connectivity index (χ3n) is 13.1. The molecule has 16 N–H and O–H groups in total. The summed E-state index contributed by atoms with van der Waals surface area (Å²) < 4.78 is 20.0. The largest absolute Gasteiger partial charge is 0.610 e. The van der Waals surface area contributed by atoms with Gasteiger partial charge in [0.25, 0.3) is 0 Å². The molecule has 1 fully saturated rings. The molecule has 10 amide bonds. The minimum atomic E-state index is -2.41. The van der Waals surface area contributed by atoms with Crippen LogP contribution in [0.1, 0.15) is 71.3 Å². The number of hydrogen-bond acceptors (Lipinski definition) is 16. The van der Waals surface area contributed by atoms with E-state index >= 15 is 0 Å². The second-order valence-corrected chi connectivity index (χ2v) is 20.1. The Morgan fingerprint density at radius 1 is 0.878 bits per heavy atom. The van der Waals surface area contributed by atoms with Crippen LogP contribution in [-0.2, 0) is 65.5 Å². The van der Waals surface area contributed by atoms with Gasteiger partial charge < -0.3 is 88.5 Å². The molecule has 28 heteroatoms. The first-order valence-corrected chi connectivity index (χ1v) is 25.8. The van der Waals surface area contributed by atoms with Crippen molar-refractivity contribution >= 4 is 81.3 Å². The molecular formula is C46H68N12O15S. The van der Waals surface area contributed by atoms with E-state index < -0.39 is 182 Å². The maximum absolute atomic E-state index is 14.8. The first-order valence-electron chi connectivity index (χ1n) is 24.4. The summed E-state index contributed by atoms with van der Waals surface area (Å²) in [5, 5.41) is 52.6. The van der Waals surface area contributed by atoms with Crippen molar-refractivity contribution in [1.29, 1.82) is 0 Å². The highest BCUT2D eigenvalue weighted by Crippen LogP contribution is 2.31. The number of nitrogens with two attached hydrogens (primary N) is 2. The molecule has 1 aromatic carbocycles. The van der Waals surface area contributed by atoms with E-state index in [4.69, 9.17) is 16.2 Å². The Balaban J connectivity index is 1.65. The van der Waals surface area contributed by atoms with Gasteiger partial charge in [0.2, 0.25) is 58.2 Å². The van der Waals surface area contributed by atoms with Crippen LogP contribution >= 0.6 is 0 Å². The zero-order valence-corrected chi connectivity index (χ0v) is 42.2. The summed E-state index contributed by atoms with van der Waals surface area (Å²) in [6.07, 6.45) is -2.46. The number of H-pyrrole nitrogens is 1. The van der Waals surface area contributed by atoms with Gasteiger partial charge in [-0.05, 0) is 37.4 Å². The van der Waals surface area contributed by atoms with Crippen molar-refractivity contribution in [1.82, 2.24) is 52.4 Å². The van der Waals surface area contributed by atoms with E-state index in [9.17, 15) is 67.8 Å². The fourth-order valence-corrected chi connectivity index (χ4v) is 10.1. The van der Waals surface area contributed by atoms with E-state index in [1.807, 2.05) is 0 Å². The number of rotatable bonds is 14. The molecular weight excluding hydrogens is 993 g/mol. The van der Waals surface area contributed by atoms with Gasteiger partial charge >= 0.3 is 6.09 Å². The van der Waals surface area contributed by atoms with Crippen LogP contribution in [0.2, 0.25) is 0 Å². The van der Waals surface area contributed by atoms with Crippen molar-refractivity contribution in [2.24, 2.45) is 23.3 Å². The number of benzene rings is 1. The van der Waals surface area contributed by atoms with Crippen LogP contribution in [0.25, 0.3) is 10.9 Å². The summed E-state index contributed by atoms with van der Waals surface area (Å²) >= 11 is -2.41. The summed E-state index contributed by atoms with van der Waals surface area (Å²) in [5.41, 5.74) is 11.3. The number of nitrogens with zero attached hydrogens (tertiary/aromatic N) is 1. The van der Waals surface area contributed by atoms with Gasteiger partial charge in [0, 0.05) is 60.0 Å². The van der Waals surface area contributed by atoms with Crippen molar-refractivity contribution in [3.05, 3.63) is 23.8 Å². The van der Waals surface area contributed by atoms with Crippen molar-refractivity contribution in [3.8, 4) is 5.75 Å². The van der Waals surface area contributed by atoms with Gasteiger partial charge in [-0.25, -0.2) is 4.79 Å². The number of amides is 10. The normalized spacial score (nSPS) is 26.1. The van der Waals surface area contributed by atoms with Crippen molar-refractivity contribution in [2.45, 2.75) is 126 Å². The number of phenolic OH excluding ortho intramolecular Hbond substituents is 1. The summed E-state index contributed by atoms with van der Waals surface area (Å²) in [4.78, 5) is 142. The molecule has 0 radical (unpaired) electrons. The van der Waals surface area contributed by atoms with Gasteiger partial charge in [-0.15, -0.1) is 0 Å². The SMILES string of the molecule is CC[C@H](C)[C@@H]1NC(=O)CNC(=O)C2Cc3c([nH]c4cc(O)ccc34)[S@+]([O-])CC(NC(=O)CNC1=O)C(=O)N[C@@H](CC(N)=O)C(=O)N1CC(O)C[C@H]1C(=O)N[C@@H]([C@@H](C)[C@@H](O)COC(=O)NCCCCCCN)C(=O)N2. The first kappa shape index (κ1) is 58.1. The van der Waals surface area contributed by atoms with Gasteiger partial charge in [0.05, 0.1) is 37.2 Å². The molecule has 4 heterocycles. The van der Waals surface area contributed by atoms with Crippen molar-refractivity contribution < 1.29 is 72.6 Å². The molecule has 11 atom stereocenters. The summed E-state index contributed by atoms with van der Waals surface area (Å²) in [6.45, 7) is 2.65. The van der Waals surface area contributed by atoms with Gasteiger partial charge in [-0.1, -0.05) is 40.0 Å². The lowest BCUT2D eigenvalue weighted by molar-refractivity contribution is -0.144. The minimum Gasteiger partial charge on any atom is -0.610 e. The predicted octanol–water partition coefficient (Wildman–Crippen LogP) is -4.67. The Morgan fingerprint density at radius 3 is 2.26 bits per heavy atom. The maximum atomic E-state index is 14.8. The van der Waals surface area contributed by atoms with Crippen LogP contribution < -0.4 is 54.0 Å². The smallest absolute Gasteiger partial charge is 0.407 e. The molecule has 3 aliphatic heterocycles. The third kappa shape index (κ3) is 15.6. The second-order valence-electron chi connectivity index (χ2n) is 18.7. The monoisotopic (exact) mass is 1060 g/mol. The van der Waals surface area contributed by atoms with Crippen LogP contribution in [0, 0.1) is 11.8 Å². The Morgan fingerprint density at radius 2 is 1.57 bits per heavy atom. The summed E-state index contributed by atoms with van der Waals surface area (Å²) in [7, 11) is 0. The molecule has 0 aliphatic carbocycles. The molecule has 3 aliphatic rings. The van der Waals surface area contributed by atoms with Crippen molar-refractivity contribution in [2.75, 3.05) is 45.1 Å². The van der Waals surface area contributed by atoms with Gasteiger partial charge in [-0.3, -0.25) is 43.2 Å². The Labute approximate surface area is 428 Å². The number of primary amides is 1. The van der Waals surface area contributed by atoms with E-state index in [1.54, 1.807) is 13.8 Å². The van der Waals surface area contributed by atoms with Gasteiger partial charge in [0.1, 0.15) is 48.3 Å². The number of ether oxygens (including phenoxy) is 1. The zero-order valence-electron chi connectivity index (χ0n) is 41.4. The maximum Gasteiger partial charge on any atom is 0.407 e. The number of aromatic nitrogens is 1. The average Bonchev–Trinajstić information content (AvgIpc) is 3.93. The molecule has 0 spiro atoms. The lowest BCUT2D eigenvalue weighted by Gasteiger charge is -2.33. The van der Waals surface area contributed by atoms with E-state index in [0.29, 0.717) is 19.4 Å². The molecule has 5 rings (SSSR count). The molecule has 2 bridgehead atoms. The van der Waals surface area contributed by atoms with Crippen LogP contribution in [0.5, 0.6) is 5.75 Å². The lowest BCUT2D eigenvalue weighted by Crippen LogP contribution is -2.62. The number of carbonyl (C=O) groups excluding carboxylic acids is 10. The molecule has 0 saturated carbocycles. The first-order chi connectivity index (χ1) is 35.1. The molecule has 1 saturated heterocycles. The number of unbranched alkanes of at least 4 members (excludes halogenated alkanes) is 3. The average molecular weight is 1060 g/mol. The van der Waals surface area contributed by atoms with Crippen LogP contribution in [0.4, 0.5) is 4.79 Å². The second kappa shape index (κ2) is 27.0. The number of alkyl carbamates (subject to hydrolysis) is 1. The zero-order chi connectivity index (χ0) is 54.4. The number of aromatic hydroxyl groups is 1. The highest BCUT2D eigenvalue weighted by atomic mass is 32.2. The van der Waals surface area contributed by atoms with Gasteiger partial charge in [0.15, 0.2) is 6.04 Å². The van der Waals surface area contributed by atoms with Crippen LogP contribution in [0.3, 0.4) is 0 Å². The minimum absolute atomic E-state index is 0.0601. The summed E-state index contributed by atoms with van der Waals surface area (Å²) in [5.74, 6) is -12.3. The lowest BCUT2D eigenvalue weighted by atomic mass is 9.93. The van der Waals surface area contributed by atoms with Crippen LogP contribution in [0.15, 0.2) is 23.2 Å². The topological polar surface area (TPSA) is 431 Å². The fourth-order valence-electron chi connectivity index (χ4n) is 8.71. The number of aromatic amines is 1. The number of fused-ring (bicyclic) bond motifs is 5. The van der Waals surface area contributed by atoms with Crippen molar-refractivity contribution in [3.63, 3.8) is 0 Å². The highest BCUT2D eigenvalue weighted by molar-refractivity contribution is 7.91. The van der Waals surface area contributed by atoms with E-state index in [0.717, 1.165) is 24.2 Å². The number of phenols is 1. The summed E-state index contributed by atoms with van der Waals surface area (Å²) in [6, 6.07) is -6.25.